The van der Waals surface area contributed by atoms with E-state index in [2.05, 4.69) is 5.32 Å². The lowest BCUT2D eigenvalue weighted by Gasteiger charge is -2.19. The molecule has 0 unspecified atom stereocenters. The van der Waals surface area contributed by atoms with E-state index in [1.807, 2.05) is 62.4 Å². The van der Waals surface area contributed by atoms with Crippen molar-refractivity contribution in [3.63, 3.8) is 0 Å². The first-order chi connectivity index (χ1) is 16.6. The monoisotopic (exact) mass is 477 g/mol. The predicted octanol–water partition coefficient (Wildman–Crippen LogP) is 2.03. The molecule has 1 aromatic heterocycles. The normalized spacial score (nSPS) is 11.0. The summed E-state index contributed by atoms with van der Waals surface area (Å²) >= 11 is 0. The topological polar surface area (TPSA) is 119 Å². The average molecular weight is 478 g/mol. The summed E-state index contributed by atoms with van der Waals surface area (Å²) in [4.78, 5) is 53.1. The van der Waals surface area contributed by atoms with Crippen molar-refractivity contribution in [1.29, 1.82) is 0 Å². The van der Waals surface area contributed by atoms with Crippen LogP contribution in [0.3, 0.4) is 0 Å². The van der Waals surface area contributed by atoms with Gasteiger partial charge in [0.2, 0.25) is 5.91 Å². The van der Waals surface area contributed by atoms with Gasteiger partial charge in [0.15, 0.2) is 5.78 Å². The first-order valence-corrected chi connectivity index (χ1v) is 11.4. The number of rotatable bonds is 9. The molecule has 0 aliphatic carbocycles. The van der Waals surface area contributed by atoms with Gasteiger partial charge in [0, 0.05) is 12.2 Å². The lowest BCUT2D eigenvalue weighted by Crippen LogP contribution is -2.45. The Morgan fingerprint density at radius 3 is 2.17 bits per heavy atom. The number of aryl methyl sites for hydroxylation is 2. The Kier molecular flexibility index (Phi) is 8.03. The summed E-state index contributed by atoms with van der Waals surface area (Å²) in [6.07, 6.45) is 0. The first-order valence-electron chi connectivity index (χ1n) is 11.4. The molecular weight excluding hydrogens is 446 g/mol. The summed E-state index contributed by atoms with van der Waals surface area (Å²) in [5.41, 5.74) is 8.07. The fourth-order valence-electron chi connectivity index (χ4n) is 3.99. The largest absolute Gasteiger partial charge is 0.384 e. The summed E-state index contributed by atoms with van der Waals surface area (Å²) in [6, 6.07) is 14.9. The van der Waals surface area contributed by atoms with Gasteiger partial charge in [-0.05, 0) is 44.5 Å². The maximum Gasteiger partial charge on any atom is 0.332 e. The second kappa shape index (κ2) is 11.0. The van der Waals surface area contributed by atoms with Gasteiger partial charge in [-0.2, -0.15) is 0 Å². The molecule has 9 heteroatoms. The molecule has 3 rings (SSSR count). The highest BCUT2D eigenvalue weighted by Gasteiger charge is 2.24. The summed E-state index contributed by atoms with van der Waals surface area (Å²) in [6.45, 7) is 5.41. The van der Waals surface area contributed by atoms with Crippen molar-refractivity contribution >= 4 is 23.2 Å². The molecule has 3 aromatic rings. The van der Waals surface area contributed by atoms with Gasteiger partial charge >= 0.3 is 5.69 Å². The minimum Gasteiger partial charge on any atom is -0.384 e. The van der Waals surface area contributed by atoms with Crippen LogP contribution >= 0.6 is 0 Å². The first kappa shape index (κ1) is 25.6. The molecular formula is C26H31N5O4. The van der Waals surface area contributed by atoms with E-state index in [0.29, 0.717) is 0 Å². The highest BCUT2D eigenvalue weighted by Crippen LogP contribution is 2.19. The molecule has 0 atom stereocenters. The third kappa shape index (κ3) is 5.75. The second-order valence-electron chi connectivity index (χ2n) is 8.57. The third-order valence-corrected chi connectivity index (χ3v) is 5.82. The highest BCUT2D eigenvalue weighted by atomic mass is 16.2. The minimum atomic E-state index is -0.724. The van der Waals surface area contributed by atoms with Gasteiger partial charge in [0.1, 0.15) is 11.4 Å². The number of hydrogen-bond donors (Lipinski definition) is 2. The molecule has 0 radical (unpaired) electrons. The third-order valence-electron chi connectivity index (χ3n) is 5.82. The molecule has 2 aromatic carbocycles. The molecule has 0 bridgehead atoms. The number of nitrogens with two attached hydrogens (primary N) is 1. The van der Waals surface area contributed by atoms with Crippen LogP contribution < -0.4 is 22.3 Å². The Labute approximate surface area is 203 Å². The molecule has 0 fully saturated rings. The van der Waals surface area contributed by atoms with Crippen LogP contribution in [0.1, 0.15) is 34.0 Å². The second-order valence-corrected chi connectivity index (χ2v) is 8.57. The number of nitrogen functional groups attached to an aromatic ring is 1. The van der Waals surface area contributed by atoms with Crippen LogP contribution in [0.15, 0.2) is 58.1 Å². The zero-order valence-corrected chi connectivity index (χ0v) is 20.5. The SMILES string of the molecule is CCn1c(=O)c(C(=O)CN(C)CC(=O)Nc2c(C)cccc2C)c(N)n(Cc2ccccc2)c1=O. The average Bonchev–Trinajstić information content (AvgIpc) is 2.80. The van der Waals surface area contributed by atoms with Crippen molar-refractivity contribution in [2.75, 3.05) is 31.2 Å². The molecule has 184 valence electrons. The summed E-state index contributed by atoms with van der Waals surface area (Å²) in [7, 11) is 1.61. The Balaban J connectivity index is 1.83. The van der Waals surface area contributed by atoms with E-state index in [4.69, 9.17) is 5.73 Å². The van der Waals surface area contributed by atoms with Gasteiger partial charge in [0.25, 0.3) is 5.56 Å². The number of ketones is 1. The fraction of sp³-hybridized carbons (Fsp3) is 0.308. The Hall–Kier alpha value is -3.98. The molecule has 0 aliphatic heterocycles. The van der Waals surface area contributed by atoms with E-state index >= 15 is 0 Å². The van der Waals surface area contributed by atoms with Crippen molar-refractivity contribution < 1.29 is 9.59 Å². The summed E-state index contributed by atoms with van der Waals surface area (Å²) in [5.74, 6) is -1.02. The predicted molar refractivity (Wildman–Crippen MR) is 137 cm³/mol. The number of benzene rings is 2. The molecule has 0 saturated heterocycles. The Bertz CT molecular complexity index is 1340. The number of aromatic nitrogens is 2. The zero-order chi connectivity index (χ0) is 25.7. The number of carbonyl (C=O) groups is 2. The van der Waals surface area contributed by atoms with Crippen LogP contribution in [-0.2, 0) is 17.9 Å². The fourth-order valence-corrected chi connectivity index (χ4v) is 3.99. The number of para-hydroxylation sites is 1. The number of Topliss-reactive ketones (excluding diaryl/α,β-unsaturated/α-hetero) is 1. The summed E-state index contributed by atoms with van der Waals surface area (Å²) in [5, 5.41) is 2.88. The van der Waals surface area contributed by atoms with E-state index < -0.39 is 17.0 Å². The lowest BCUT2D eigenvalue weighted by molar-refractivity contribution is -0.116. The number of nitrogens with zero attached hydrogens (tertiary/aromatic N) is 3. The van der Waals surface area contributed by atoms with E-state index in [1.165, 1.54) is 9.47 Å². The molecule has 0 aliphatic rings. The number of nitrogens with one attached hydrogen (secondary N) is 1. The lowest BCUT2D eigenvalue weighted by atomic mass is 10.1. The molecule has 9 nitrogen and oxygen atoms in total. The quantitative estimate of drug-likeness (QED) is 0.455. The number of anilines is 2. The van der Waals surface area contributed by atoms with Gasteiger partial charge in [-0.3, -0.25) is 28.4 Å². The van der Waals surface area contributed by atoms with Gasteiger partial charge < -0.3 is 11.1 Å². The van der Waals surface area contributed by atoms with Crippen molar-refractivity contribution in [1.82, 2.24) is 14.0 Å². The van der Waals surface area contributed by atoms with E-state index in [0.717, 1.165) is 26.9 Å². The molecule has 3 N–H and O–H groups in total. The maximum atomic E-state index is 13.1. The molecule has 1 amide bonds. The number of likely N-dealkylation sites (N-methyl/N-ethyl adjacent to an activating group) is 1. The Morgan fingerprint density at radius 2 is 1.57 bits per heavy atom. The number of carbonyl (C=O) groups excluding carboxylic acids is 2. The van der Waals surface area contributed by atoms with Crippen molar-refractivity contribution in [2.45, 2.75) is 33.9 Å². The van der Waals surface area contributed by atoms with Gasteiger partial charge in [-0.25, -0.2) is 4.79 Å². The summed E-state index contributed by atoms with van der Waals surface area (Å²) < 4.78 is 2.24. The molecule has 1 heterocycles. The van der Waals surface area contributed by atoms with Gasteiger partial charge in [-0.1, -0.05) is 48.5 Å². The smallest absolute Gasteiger partial charge is 0.332 e. The highest BCUT2D eigenvalue weighted by molar-refractivity contribution is 6.01. The van der Waals surface area contributed by atoms with Crippen LogP contribution in [0.5, 0.6) is 0 Å². The maximum absolute atomic E-state index is 13.1. The van der Waals surface area contributed by atoms with Crippen LogP contribution in [0.2, 0.25) is 0 Å². The van der Waals surface area contributed by atoms with Crippen molar-refractivity contribution in [3.05, 3.63) is 91.6 Å². The van der Waals surface area contributed by atoms with E-state index in [-0.39, 0.29) is 43.5 Å². The van der Waals surface area contributed by atoms with E-state index in [1.54, 1.807) is 14.0 Å². The zero-order valence-electron chi connectivity index (χ0n) is 20.5. The van der Waals surface area contributed by atoms with Gasteiger partial charge in [-0.15, -0.1) is 0 Å². The molecule has 0 spiro atoms. The van der Waals surface area contributed by atoms with Crippen LogP contribution in [0, 0.1) is 13.8 Å². The van der Waals surface area contributed by atoms with Crippen LogP contribution in [-0.4, -0.2) is 45.9 Å². The standard InChI is InChI=1S/C26H31N5O4/c1-5-30-25(34)22(24(27)31(26(30)35)14-19-12-7-6-8-13-19)20(32)15-29(4)16-21(33)28-23-17(2)10-9-11-18(23)3/h6-13H,5,14-16,27H2,1-4H3,(H,28,33). The number of amides is 1. The van der Waals surface area contributed by atoms with Crippen molar-refractivity contribution in [2.24, 2.45) is 0 Å². The number of hydrogen-bond acceptors (Lipinski definition) is 6. The van der Waals surface area contributed by atoms with Crippen molar-refractivity contribution in [3.8, 4) is 0 Å². The minimum absolute atomic E-state index is 0.0644. The Morgan fingerprint density at radius 1 is 0.943 bits per heavy atom. The molecule has 35 heavy (non-hydrogen) atoms. The van der Waals surface area contributed by atoms with Crippen LogP contribution in [0.4, 0.5) is 11.5 Å². The van der Waals surface area contributed by atoms with E-state index in [9.17, 15) is 19.2 Å². The van der Waals surface area contributed by atoms with Gasteiger partial charge in [0.05, 0.1) is 19.6 Å². The van der Waals surface area contributed by atoms with Crippen LogP contribution in [0.25, 0.3) is 0 Å². The molecule has 0 saturated carbocycles.